The lowest BCUT2D eigenvalue weighted by Crippen LogP contribution is -2.32. The Hall–Kier alpha value is -1.83. The highest BCUT2D eigenvalue weighted by atomic mass is 16.5. The predicted molar refractivity (Wildman–Crippen MR) is 87.5 cm³/mol. The lowest BCUT2D eigenvalue weighted by Gasteiger charge is -2.38. The van der Waals surface area contributed by atoms with Crippen LogP contribution in [0.1, 0.15) is 33.6 Å². The van der Waals surface area contributed by atoms with E-state index in [9.17, 15) is 0 Å². The molecule has 3 rings (SSSR count). The van der Waals surface area contributed by atoms with Gasteiger partial charge in [-0.3, -0.25) is 4.98 Å². The van der Waals surface area contributed by atoms with Crippen LogP contribution in [-0.4, -0.2) is 11.6 Å². The number of hydrogen-bond acceptors (Lipinski definition) is 2. The SMILES string of the molecule is CC1=CCCC(C)(C)C1COc1cccc2cccnc12. The van der Waals surface area contributed by atoms with Gasteiger partial charge in [0, 0.05) is 17.5 Å². The van der Waals surface area contributed by atoms with Crippen molar-refractivity contribution in [3.63, 3.8) is 0 Å². The Kier molecular flexibility index (Phi) is 3.71. The van der Waals surface area contributed by atoms with Gasteiger partial charge >= 0.3 is 0 Å². The maximum Gasteiger partial charge on any atom is 0.145 e. The molecule has 0 saturated heterocycles. The highest BCUT2D eigenvalue weighted by Gasteiger charge is 2.33. The number of nitrogens with zero attached hydrogens (tertiary/aromatic N) is 1. The van der Waals surface area contributed by atoms with E-state index in [-0.39, 0.29) is 0 Å². The van der Waals surface area contributed by atoms with Gasteiger partial charge in [0.05, 0.1) is 6.61 Å². The van der Waals surface area contributed by atoms with Gasteiger partial charge in [0.15, 0.2) is 0 Å². The maximum atomic E-state index is 6.16. The summed E-state index contributed by atoms with van der Waals surface area (Å²) in [5.41, 5.74) is 2.71. The van der Waals surface area contributed by atoms with Crippen LogP contribution in [0.3, 0.4) is 0 Å². The Morgan fingerprint density at radius 1 is 1.24 bits per heavy atom. The number of benzene rings is 1. The third-order valence-corrected chi connectivity index (χ3v) is 4.75. The lowest BCUT2D eigenvalue weighted by molar-refractivity contribution is 0.142. The zero-order chi connectivity index (χ0) is 14.9. The number of ether oxygens (including phenoxy) is 1. The first kappa shape index (κ1) is 14.1. The molecule has 0 aliphatic heterocycles. The van der Waals surface area contributed by atoms with E-state index < -0.39 is 0 Å². The zero-order valence-electron chi connectivity index (χ0n) is 13.1. The summed E-state index contributed by atoms with van der Waals surface area (Å²) in [6.45, 7) is 7.65. The van der Waals surface area contributed by atoms with Crippen LogP contribution in [0.25, 0.3) is 10.9 Å². The van der Waals surface area contributed by atoms with Crippen LogP contribution in [0.15, 0.2) is 48.2 Å². The third-order valence-electron chi connectivity index (χ3n) is 4.75. The smallest absolute Gasteiger partial charge is 0.145 e. The average Bonchev–Trinajstić information content (AvgIpc) is 2.46. The molecule has 1 aliphatic carbocycles. The number of hydrogen-bond donors (Lipinski definition) is 0. The topological polar surface area (TPSA) is 22.1 Å². The lowest BCUT2D eigenvalue weighted by atomic mass is 9.69. The van der Waals surface area contributed by atoms with Crippen LogP contribution >= 0.6 is 0 Å². The van der Waals surface area contributed by atoms with Crippen LogP contribution in [0.5, 0.6) is 5.75 Å². The minimum atomic E-state index is 0.302. The van der Waals surface area contributed by atoms with Gasteiger partial charge in [-0.25, -0.2) is 0 Å². The van der Waals surface area contributed by atoms with Crippen molar-refractivity contribution in [1.29, 1.82) is 0 Å². The van der Waals surface area contributed by atoms with E-state index in [4.69, 9.17) is 4.74 Å². The predicted octanol–water partition coefficient (Wildman–Crippen LogP) is 5.00. The normalized spacial score (nSPS) is 21.1. The molecule has 0 amide bonds. The summed E-state index contributed by atoms with van der Waals surface area (Å²) in [5, 5.41) is 1.13. The molecule has 1 aromatic carbocycles. The van der Waals surface area contributed by atoms with E-state index in [1.54, 1.807) is 0 Å². The fourth-order valence-corrected chi connectivity index (χ4v) is 3.33. The minimum Gasteiger partial charge on any atom is -0.491 e. The summed E-state index contributed by atoms with van der Waals surface area (Å²) in [4.78, 5) is 4.46. The first-order valence-corrected chi connectivity index (χ1v) is 7.71. The van der Waals surface area contributed by atoms with Crippen LogP contribution in [0.2, 0.25) is 0 Å². The Morgan fingerprint density at radius 2 is 2.05 bits per heavy atom. The van der Waals surface area contributed by atoms with E-state index in [1.165, 1.54) is 18.4 Å². The monoisotopic (exact) mass is 281 g/mol. The zero-order valence-corrected chi connectivity index (χ0v) is 13.1. The Labute approximate surface area is 126 Å². The van der Waals surface area contributed by atoms with Crippen molar-refractivity contribution in [1.82, 2.24) is 4.98 Å². The molecule has 1 heterocycles. The van der Waals surface area contributed by atoms with E-state index in [0.717, 1.165) is 23.3 Å². The molecule has 0 radical (unpaired) electrons. The van der Waals surface area contributed by atoms with Crippen LogP contribution in [-0.2, 0) is 0 Å². The molecule has 0 fully saturated rings. The fraction of sp³-hybridized carbons (Fsp3) is 0.421. The standard InChI is InChI=1S/C19H23NO/c1-14-7-5-11-19(2,3)16(14)13-21-17-10-4-8-15-9-6-12-20-18(15)17/h4,6-10,12,16H,5,11,13H2,1-3H3. The second-order valence-electron chi connectivity index (χ2n) is 6.67. The second-order valence-corrected chi connectivity index (χ2v) is 6.67. The van der Waals surface area contributed by atoms with Gasteiger partial charge in [0.25, 0.3) is 0 Å². The summed E-state index contributed by atoms with van der Waals surface area (Å²) >= 11 is 0. The van der Waals surface area contributed by atoms with Crippen molar-refractivity contribution < 1.29 is 4.74 Å². The largest absolute Gasteiger partial charge is 0.491 e. The number of fused-ring (bicyclic) bond motifs is 1. The van der Waals surface area contributed by atoms with Gasteiger partial charge in [-0.2, -0.15) is 0 Å². The van der Waals surface area contributed by atoms with E-state index >= 15 is 0 Å². The molecule has 1 aliphatic rings. The molecule has 2 aromatic rings. The number of allylic oxidation sites excluding steroid dienone is 1. The van der Waals surface area contributed by atoms with Crippen molar-refractivity contribution in [2.75, 3.05) is 6.61 Å². The van der Waals surface area contributed by atoms with Gasteiger partial charge in [0.2, 0.25) is 0 Å². The van der Waals surface area contributed by atoms with Crippen molar-refractivity contribution in [3.05, 3.63) is 48.2 Å². The van der Waals surface area contributed by atoms with E-state index in [0.29, 0.717) is 11.3 Å². The average molecular weight is 281 g/mol. The van der Waals surface area contributed by atoms with Crippen molar-refractivity contribution in [2.45, 2.75) is 33.6 Å². The summed E-state index contributed by atoms with van der Waals surface area (Å²) in [7, 11) is 0. The molecule has 0 spiro atoms. The van der Waals surface area contributed by atoms with Crippen molar-refractivity contribution in [3.8, 4) is 5.75 Å². The Bertz CT molecular complexity index is 667. The second kappa shape index (κ2) is 5.51. The van der Waals surface area contributed by atoms with Crippen LogP contribution < -0.4 is 4.74 Å². The molecule has 0 saturated carbocycles. The molecule has 1 atom stereocenters. The van der Waals surface area contributed by atoms with Gasteiger partial charge in [-0.1, -0.05) is 43.7 Å². The summed E-state index contributed by atoms with van der Waals surface area (Å²) < 4.78 is 6.16. The molecular weight excluding hydrogens is 258 g/mol. The molecule has 2 nitrogen and oxygen atoms in total. The number of para-hydroxylation sites is 1. The van der Waals surface area contributed by atoms with Crippen LogP contribution in [0.4, 0.5) is 0 Å². The van der Waals surface area contributed by atoms with E-state index in [2.05, 4.69) is 44.0 Å². The maximum absolute atomic E-state index is 6.16. The first-order valence-electron chi connectivity index (χ1n) is 7.71. The molecule has 110 valence electrons. The highest BCUT2D eigenvalue weighted by molar-refractivity contribution is 5.84. The molecule has 21 heavy (non-hydrogen) atoms. The molecule has 0 N–H and O–H groups in total. The molecule has 1 aromatic heterocycles. The Morgan fingerprint density at radius 3 is 2.86 bits per heavy atom. The summed E-state index contributed by atoms with van der Waals surface area (Å²) in [6, 6.07) is 10.2. The number of rotatable bonds is 3. The third kappa shape index (κ3) is 2.80. The van der Waals surface area contributed by atoms with Gasteiger partial charge in [-0.15, -0.1) is 0 Å². The molecule has 2 heteroatoms. The minimum absolute atomic E-state index is 0.302. The summed E-state index contributed by atoms with van der Waals surface area (Å²) in [6.07, 6.45) is 6.60. The quantitative estimate of drug-likeness (QED) is 0.739. The van der Waals surface area contributed by atoms with Crippen LogP contribution in [0, 0.1) is 11.3 Å². The number of aromatic nitrogens is 1. The molecule has 1 unspecified atom stereocenters. The molecule has 0 bridgehead atoms. The van der Waals surface area contributed by atoms with Gasteiger partial charge in [-0.05, 0) is 37.3 Å². The Balaban J connectivity index is 1.83. The fourth-order valence-electron chi connectivity index (χ4n) is 3.33. The van der Waals surface area contributed by atoms with Crippen molar-refractivity contribution >= 4 is 10.9 Å². The van der Waals surface area contributed by atoms with Crippen molar-refractivity contribution in [2.24, 2.45) is 11.3 Å². The first-order chi connectivity index (χ1) is 10.1. The van der Waals surface area contributed by atoms with E-state index in [1.807, 2.05) is 24.4 Å². The number of pyridine rings is 1. The molecular formula is C19H23NO. The van der Waals surface area contributed by atoms with Gasteiger partial charge in [0.1, 0.15) is 11.3 Å². The van der Waals surface area contributed by atoms with Gasteiger partial charge < -0.3 is 4.74 Å². The summed E-state index contributed by atoms with van der Waals surface area (Å²) in [5.74, 6) is 1.37. The highest BCUT2D eigenvalue weighted by Crippen LogP contribution is 2.41.